The third-order valence-corrected chi connectivity index (χ3v) is 4.47. The molecule has 0 heterocycles. The third-order valence-electron chi connectivity index (χ3n) is 2.61. The molecule has 7 heteroatoms. The van der Waals surface area contributed by atoms with Crippen molar-refractivity contribution in [3.05, 3.63) is 35.4 Å². The summed E-state index contributed by atoms with van der Waals surface area (Å²) in [5.41, 5.74) is 1.24. The highest BCUT2D eigenvalue weighted by Gasteiger charge is 2.23. The summed E-state index contributed by atoms with van der Waals surface area (Å²) in [4.78, 5) is 16.8. The highest BCUT2D eigenvalue weighted by molar-refractivity contribution is 7.55. The molecule has 1 rings (SSSR count). The molecule has 0 saturated heterocycles. The van der Waals surface area contributed by atoms with E-state index >= 15 is 0 Å². The SMILES string of the molecule is CCONP(=O)(Cc1ccc(C(=O)OC(C)C)cc1)OCC. The lowest BCUT2D eigenvalue weighted by atomic mass is 10.1. The zero-order valence-corrected chi connectivity index (χ0v) is 14.4. The van der Waals surface area contributed by atoms with Crippen LogP contribution in [0.4, 0.5) is 0 Å². The van der Waals surface area contributed by atoms with Crippen molar-refractivity contribution in [3.63, 3.8) is 0 Å². The number of benzene rings is 1. The Kier molecular flexibility index (Phi) is 7.76. The van der Waals surface area contributed by atoms with E-state index in [-0.39, 0.29) is 18.2 Å². The Bertz CT molecular complexity index is 515. The van der Waals surface area contributed by atoms with Gasteiger partial charge in [-0.25, -0.2) is 4.79 Å². The van der Waals surface area contributed by atoms with E-state index in [0.717, 1.165) is 5.56 Å². The largest absolute Gasteiger partial charge is 0.459 e. The number of carbonyl (C=O) groups is 1. The number of nitrogens with one attached hydrogen (secondary N) is 1. The van der Waals surface area contributed by atoms with E-state index < -0.39 is 7.52 Å². The second-order valence-corrected chi connectivity index (χ2v) is 7.03. The van der Waals surface area contributed by atoms with Gasteiger partial charge in [0.1, 0.15) is 0 Å². The maximum absolute atomic E-state index is 12.6. The fraction of sp³-hybridized carbons (Fsp3) is 0.533. The van der Waals surface area contributed by atoms with Crippen LogP contribution >= 0.6 is 7.52 Å². The summed E-state index contributed by atoms with van der Waals surface area (Å²) in [6.45, 7) is 7.85. The molecule has 0 amide bonds. The maximum Gasteiger partial charge on any atom is 0.338 e. The van der Waals surface area contributed by atoms with Crippen molar-refractivity contribution in [2.24, 2.45) is 0 Å². The highest BCUT2D eigenvalue weighted by atomic mass is 31.2. The topological polar surface area (TPSA) is 73.9 Å². The van der Waals surface area contributed by atoms with E-state index in [1.54, 1.807) is 52.0 Å². The van der Waals surface area contributed by atoms with Crippen LogP contribution in [0.3, 0.4) is 0 Å². The standard InChI is InChI=1S/C15H24NO5P/c1-5-19-16-22(18,20-6-2)11-13-7-9-14(10-8-13)15(17)21-12(3)4/h7-10,12H,5-6,11H2,1-4H3,(H,16,18). The molecule has 1 aromatic carbocycles. The lowest BCUT2D eigenvalue weighted by Crippen LogP contribution is -2.15. The van der Waals surface area contributed by atoms with Crippen molar-refractivity contribution >= 4 is 13.5 Å². The number of hydrogen-bond donors (Lipinski definition) is 1. The Morgan fingerprint density at radius 3 is 2.32 bits per heavy atom. The first-order chi connectivity index (χ1) is 10.4. The lowest BCUT2D eigenvalue weighted by Gasteiger charge is -2.18. The number of carbonyl (C=O) groups excluding carboxylic acids is 1. The highest BCUT2D eigenvalue weighted by Crippen LogP contribution is 2.45. The van der Waals surface area contributed by atoms with Crippen molar-refractivity contribution < 1.29 is 23.5 Å². The Morgan fingerprint density at radius 2 is 1.82 bits per heavy atom. The van der Waals surface area contributed by atoms with Gasteiger partial charge in [0.15, 0.2) is 0 Å². The van der Waals surface area contributed by atoms with Crippen LogP contribution in [0.25, 0.3) is 0 Å². The van der Waals surface area contributed by atoms with Gasteiger partial charge in [-0.1, -0.05) is 12.1 Å². The number of ether oxygens (including phenoxy) is 1. The molecule has 1 aromatic rings. The van der Waals surface area contributed by atoms with Crippen LogP contribution in [0.5, 0.6) is 0 Å². The average molecular weight is 329 g/mol. The van der Waals surface area contributed by atoms with Gasteiger partial charge in [0, 0.05) is 0 Å². The quantitative estimate of drug-likeness (QED) is 0.424. The van der Waals surface area contributed by atoms with Gasteiger partial charge in [0.2, 0.25) is 0 Å². The van der Waals surface area contributed by atoms with Crippen molar-refractivity contribution in [1.29, 1.82) is 0 Å². The van der Waals surface area contributed by atoms with Crippen molar-refractivity contribution in [2.45, 2.75) is 40.0 Å². The average Bonchev–Trinajstić information content (AvgIpc) is 2.45. The van der Waals surface area contributed by atoms with Crippen LogP contribution < -0.4 is 5.25 Å². The predicted molar refractivity (Wildman–Crippen MR) is 84.7 cm³/mol. The Hall–Kier alpha value is -1.20. The minimum absolute atomic E-state index is 0.166. The van der Waals surface area contributed by atoms with Gasteiger partial charge in [-0.15, -0.1) is 5.25 Å². The van der Waals surface area contributed by atoms with E-state index in [9.17, 15) is 9.36 Å². The minimum Gasteiger partial charge on any atom is -0.459 e. The van der Waals surface area contributed by atoms with Crippen LogP contribution in [0, 0.1) is 0 Å². The van der Waals surface area contributed by atoms with Crippen LogP contribution in [-0.2, 0) is 24.8 Å². The monoisotopic (exact) mass is 329 g/mol. The van der Waals surface area contributed by atoms with Gasteiger partial charge >= 0.3 is 5.97 Å². The molecule has 0 saturated carbocycles. The molecule has 124 valence electrons. The van der Waals surface area contributed by atoms with Gasteiger partial charge in [-0.3, -0.25) is 9.40 Å². The molecule has 0 radical (unpaired) electrons. The molecule has 6 nitrogen and oxygen atoms in total. The number of hydrogen-bond acceptors (Lipinski definition) is 5. The fourth-order valence-corrected chi connectivity index (χ4v) is 3.39. The summed E-state index contributed by atoms with van der Waals surface area (Å²) < 4.78 is 23.0. The Morgan fingerprint density at radius 1 is 1.18 bits per heavy atom. The summed E-state index contributed by atoms with van der Waals surface area (Å²) >= 11 is 0. The maximum atomic E-state index is 12.6. The second kappa shape index (κ2) is 9.06. The predicted octanol–water partition coefficient (Wildman–Crippen LogP) is 3.52. The van der Waals surface area contributed by atoms with E-state index in [0.29, 0.717) is 18.8 Å². The molecule has 1 N–H and O–H groups in total. The van der Waals surface area contributed by atoms with Gasteiger partial charge < -0.3 is 9.26 Å². The van der Waals surface area contributed by atoms with Crippen molar-refractivity contribution in [2.75, 3.05) is 13.2 Å². The molecule has 0 aliphatic heterocycles. The summed E-state index contributed by atoms with van der Waals surface area (Å²) in [7, 11) is -3.11. The summed E-state index contributed by atoms with van der Waals surface area (Å²) in [6, 6.07) is 6.76. The van der Waals surface area contributed by atoms with Crippen LogP contribution in [-0.4, -0.2) is 25.3 Å². The normalized spacial score (nSPS) is 13.9. The first-order valence-electron chi connectivity index (χ1n) is 7.32. The lowest BCUT2D eigenvalue weighted by molar-refractivity contribution is 0.0378. The summed E-state index contributed by atoms with van der Waals surface area (Å²) in [6.07, 6.45) is 0.0149. The molecule has 1 unspecified atom stereocenters. The molecule has 0 spiro atoms. The summed E-state index contributed by atoms with van der Waals surface area (Å²) in [5.74, 6) is -0.373. The molecule has 0 aliphatic rings. The molecule has 0 bridgehead atoms. The minimum atomic E-state index is -3.11. The molecule has 22 heavy (non-hydrogen) atoms. The molecular formula is C15H24NO5P. The molecule has 0 fully saturated rings. The fourth-order valence-electron chi connectivity index (χ4n) is 1.74. The van der Waals surface area contributed by atoms with E-state index in [4.69, 9.17) is 14.1 Å². The third kappa shape index (κ3) is 6.28. The molecule has 0 aliphatic carbocycles. The molecular weight excluding hydrogens is 305 g/mol. The van der Waals surface area contributed by atoms with Gasteiger partial charge in [-0.2, -0.15) is 0 Å². The van der Waals surface area contributed by atoms with Gasteiger partial charge in [-0.05, 0) is 45.4 Å². The van der Waals surface area contributed by atoms with E-state index in [2.05, 4.69) is 5.25 Å². The number of rotatable bonds is 9. The Labute approximate surface area is 131 Å². The van der Waals surface area contributed by atoms with E-state index in [1.165, 1.54) is 0 Å². The molecule has 1 atom stereocenters. The van der Waals surface area contributed by atoms with E-state index in [1.807, 2.05) is 0 Å². The van der Waals surface area contributed by atoms with Crippen LogP contribution in [0.1, 0.15) is 43.6 Å². The van der Waals surface area contributed by atoms with Gasteiger partial charge in [0.25, 0.3) is 7.52 Å². The molecule has 0 aromatic heterocycles. The first-order valence-corrected chi connectivity index (χ1v) is 9.13. The smallest absolute Gasteiger partial charge is 0.338 e. The van der Waals surface area contributed by atoms with Crippen molar-refractivity contribution in [1.82, 2.24) is 5.25 Å². The Balaban J connectivity index is 2.76. The number of esters is 1. The van der Waals surface area contributed by atoms with Crippen molar-refractivity contribution in [3.8, 4) is 0 Å². The van der Waals surface area contributed by atoms with Crippen LogP contribution in [0.2, 0.25) is 0 Å². The van der Waals surface area contributed by atoms with Gasteiger partial charge in [0.05, 0.1) is 31.0 Å². The summed E-state index contributed by atoms with van der Waals surface area (Å²) in [5, 5.41) is 2.50. The second-order valence-electron chi connectivity index (χ2n) is 4.92. The zero-order valence-electron chi connectivity index (χ0n) is 13.5. The zero-order chi connectivity index (χ0) is 16.6. The first kappa shape index (κ1) is 18.8. The van der Waals surface area contributed by atoms with Crippen LogP contribution in [0.15, 0.2) is 24.3 Å².